The fourth-order valence-corrected chi connectivity index (χ4v) is 2.51. The van der Waals surface area contributed by atoms with Gasteiger partial charge in [0.25, 0.3) is 5.88 Å². The molecular weight excluding hydrogens is 330 g/mol. The van der Waals surface area contributed by atoms with Gasteiger partial charge in [-0.2, -0.15) is 10.6 Å². The van der Waals surface area contributed by atoms with Crippen LogP contribution in [0.2, 0.25) is 0 Å². The molecule has 6 nitrogen and oxygen atoms in total. The fourth-order valence-electron chi connectivity index (χ4n) is 2.51. The molecule has 136 valence electrons. The lowest BCUT2D eigenvalue weighted by Gasteiger charge is -2.30. The van der Waals surface area contributed by atoms with Crippen molar-refractivity contribution in [2.45, 2.75) is 20.5 Å². The summed E-state index contributed by atoms with van der Waals surface area (Å²) in [6.07, 6.45) is 0. The van der Waals surface area contributed by atoms with Crippen LogP contribution >= 0.6 is 0 Å². The standard InChI is InChI=1S/C20H23N3O3/c1-3-24-20-19(25-15-16-11-7-5-8-12-16)18(17-13-9-6-10-14-17)21-22-23(20)26-4-2/h5-14,22H,3-4,15H2,1-2H3. The third-order valence-electron chi connectivity index (χ3n) is 3.66. The molecule has 0 amide bonds. The molecule has 0 atom stereocenters. The molecule has 1 aliphatic heterocycles. The van der Waals surface area contributed by atoms with Crippen molar-refractivity contribution in [3.63, 3.8) is 0 Å². The van der Waals surface area contributed by atoms with Crippen LogP contribution in [0.5, 0.6) is 0 Å². The van der Waals surface area contributed by atoms with Gasteiger partial charge in [-0.15, -0.1) is 5.17 Å². The SMILES string of the molecule is CCOC1=C(OCc2ccccc2)C(c2ccccc2)=NNN1OCC. The summed E-state index contributed by atoms with van der Waals surface area (Å²) in [4.78, 5) is 5.57. The van der Waals surface area contributed by atoms with Gasteiger partial charge in [0.1, 0.15) is 12.3 Å². The summed E-state index contributed by atoms with van der Waals surface area (Å²) in [6, 6.07) is 19.8. The molecule has 0 aromatic heterocycles. The van der Waals surface area contributed by atoms with Crippen LogP contribution in [-0.4, -0.2) is 24.1 Å². The number of hydrogen-bond acceptors (Lipinski definition) is 6. The molecule has 3 rings (SSSR count). The molecule has 0 saturated heterocycles. The van der Waals surface area contributed by atoms with E-state index in [9.17, 15) is 0 Å². The second kappa shape index (κ2) is 8.92. The van der Waals surface area contributed by atoms with Crippen molar-refractivity contribution in [3.8, 4) is 0 Å². The topological polar surface area (TPSA) is 55.3 Å². The maximum atomic E-state index is 6.14. The summed E-state index contributed by atoms with van der Waals surface area (Å²) in [6.45, 7) is 5.15. The van der Waals surface area contributed by atoms with Crippen LogP contribution < -0.4 is 5.53 Å². The Labute approximate surface area is 153 Å². The largest absolute Gasteiger partial charge is 0.481 e. The third kappa shape index (κ3) is 4.15. The van der Waals surface area contributed by atoms with Gasteiger partial charge in [-0.25, -0.2) is 4.84 Å². The Morgan fingerprint density at radius 3 is 2.23 bits per heavy atom. The van der Waals surface area contributed by atoms with E-state index in [0.717, 1.165) is 11.1 Å². The summed E-state index contributed by atoms with van der Waals surface area (Å²) in [5, 5.41) is 5.83. The van der Waals surface area contributed by atoms with E-state index in [1.807, 2.05) is 74.5 Å². The van der Waals surface area contributed by atoms with Crippen LogP contribution in [0.25, 0.3) is 0 Å². The zero-order valence-corrected chi connectivity index (χ0v) is 15.0. The number of hydrazone groups is 1. The van der Waals surface area contributed by atoms with Gasteiger partial charge in [-0.05, 0) is 19.4 Å². The lowest BCUT2D eigenvalue weighted by molar-refractivity contribution is -0.201. The summed E-state index contributed by atoms with van der Waals surface area (Å²) >= 11 is 0. The Balaban J connectivity index is 1.95. The van der Waals surface area contributed by atoms with E-state index in [-0.39, 0.29) is 0 Å². The van der Waals surface area contributed by atoms with Gasteiger partial charge in [0.05, 0.1) is 13.2 Å². The highest BCUT2D eigenvalue weighted by atomic mass is 16.7. The zero-order chi connectivity index (χ0) is 18.2. The summed E-state index contributed by atoms with van der Waals surface area (Å²) < 4.78 is 12.0. The predicted molar refractivity (Wildman–Crippen MR) is 99.5 cm³/mol. The molecule has 0 fully saturated rings. The van der Waals surface area contributed by atoms with Gasteiger partial charge in [0.15, 0.2) is 0 Å². The van der Waals surface area contributed by atoms with E-state index in [1.54, 1.807) is 0 Å². The molecule has 1 heterocycles. The Kier molecular flexibility index (Phi) is 6.11. The Hall–Kier alpha value is -2.99. The average molecular weight is 353 g/mol. The number of ether oxygens (including phenoxy) is 2. The molecule has 2 aromatic rings. The molecule has 6 heteroatoms. The molecule has 1 aliphatic rings. The van der Waals surface area contributed by atoms with Gasteiger partial charge < -0.3 is 9.47 Å². The van der Waals surface area contributed by atoms with Crippen molar-refractivity contribution in [1.82, 2.24) is 10.7 Å². The first-order valence-electron chi connectivity index (χ1n) is 8.69. The van der Waals surface area contributed by atoms with E-state index < -0.39 is 0 Å². The highest BCUT2D eigenvalue weighted by Gasteiger charge is 2.29. The van der Waals surface area contributed by atoms with Crippen LogP contribution in [0.4, 0.5) is 0 Å². The van der Waals surface area contributed by atoms with E-state index in [2.05, 4.69) is 10.6 Å². The number of nitrogens with one attached hydrogen (secondary N) is 1. The normalized spacial score (nSPS) is 13.9. The summed E-state index contributed by atoms with van der Waals surface area (Å²) in [5.41, 5.74) is 5.52. The lowest BCUT2D eigenvalue weighted by atomic mass is 10.1. The fraction of sp³-hybridized carbons (Fsp3) is 0.250. The van der Waals surface area contributed by atoms with Crippen LogP contribution in [-0.2, 0) is 20.9 Å². The third-order valence-corrected chi connectivity index (χ3v) is 3.66. The minimum absolute atomic E-state index is 0.401. The van der Waals surface area contributed by atoms with Crippen LogP contribution in [0.1, 0.15) is 25.0 Å². The maximum absolute atomic E-state index is 6.14. The van der Waals surface area contributed by atoms with Gasteiger partial charge in [0.2, 0.25) is 5.76 Å². The summed E-state index contributed by atoms with van der Waals surface area (Å²) in [7, 11) is 0. The van der Waals surface area contributed by atoms with Crippen molar-refractivity contribution in [1.29, 1.82) is 0 Å². The predicted octanol–water partition coefficient (Wildman–Crippen LogP) is 3.58. The second-order valence-corrected chi connectivity index (χ2v) is 5.48. The second-order valence-electron chi connectivity index (χ2n) is 5.48. The Bertz CT molecular complexity index is 760. The first kappa shape index (κ1) is 17.8. The lowest BCUT2D eigenvalue weighted by Crippen LogP contribution is -2.41. The van der Waals surface area contributed by atoms with E-state index in [4.69, 9.17) is 14.3 Å². The molecule has 0 spiro atoms. The van der Waals surface area contributed by atoms with Crippen molar-refractivity contribution in [3.05, 3.63) is 83.4 Å². The molecule has 0 radical (unpaired) electrons. The Morgan fingerprint density at radius 1 is 0.885 bits per heavy atom. The quantitative estimate of drug-likeness (QED) is 0.786. The molecule has 0 aliphatic carbocycles. The molecule has 1 N–H and O–H groups in total. The van der Waals surface area contributed by atoms with Crippen molar-refractivity contribution in [2.24, 2.45) is 5.10 Å². The van der Waals surface area contributed by atoms with E-state index in [0.29, 0.717) is 37.2 Å². The monoisotopic (exact) mass is 353 g/mol. The first-order chi connectivity index (χ1) is 12.8. The van der Waals surface area contributed by atoms with E-state index in [1.165, 1.54) is 5.17 Å². The van der Waals surface area contributed by atoms with E-state index >= 15 is 0 Å². The number of hydrogen-bond donors (Lipinski definition) is 1. The van der Waals surface area contributed by atoms with Crippen LogP contribution in [0.15, 0.2) is 77.4 Å². The maximum Gasteiger partial charge on any atom is 0.282 e. The molecule has 2 aromatic carbocycles. The molecule has 0 unspecified atom stereocenters. The van der Waals surface area contributed by atoms with Crippen molar-refractivity contribution >= 4 is 5.71 Å². The van der Waals surface area contributed by atoms with Gasteiger partial charge in [-0.1, -0.05) is 60.7 Å². The average Bonchev–Trinajstić information content (AvgIpc) is 2.70. The number of allylic oxidation sites excluding steroid dienone is 1. The van der Waals surface area contributed by atoms with Gasteiger partial charge in [0, 0.05) is 5.56 Å². The van der Waals surface area contributed by atoms with Gasteiger partial charge in [-0.3, -0.25) is 0 Å². The van der Waals surface area contributed by atoms with Crippen LogP contribution in [0.3, 0.4) is 0 Å². The van der Waals surface area contributed by atoms with Crippen LogP contribution in [0, 0.1) is 0 Å². The number of rotatable bonds is 8. The minimum Gasteiger partial charge on any atom is -0.481 e. The number of hydroxylamine groups is 1. The highest BCUT2D eigenvalue weighted by molar-refractivity contribution is 6.11. The summed E-state index contributed by atoms with van der Waals surface area (Å²) in [5.74, 6) is 0.994. The minimum atomic E-state index is 0.401. The molecule has 26 heavy (non-hydrogen) atoms. The van der Waals surface area contributed by atoms with Gasteiger partial charge >= 0.3 is 0 Å². The Morgan fingerprint density at radius 2 is 1.58 bits per heavy atom. The number of benzene rings is 2. The first-order valence-corrected chi connectivity index (χ1v) is 8.69. The highest BCUT2D eigenvalue weighted by Crippen LogP contribution is 2.23. The molecular formula is C20H23N3O3. The molecule has 0 bridgehead atoms. The van der Waals surface area contributed by atoms with Crippen molar-refractivity contribution < 1.29 is 14.3 Å². The number of hydrazine groups is 1. The van der Waals surface area contributed by atoms with Crippen molar-refractivity contribution in [2.75, 3.05) is 13.2 Å². The zero-order valence-electron chi connectivity index (χ0n) is 15.0. The smallest absolute Gasteiger partial charge is 0.282 e. The number of nitrogens with zero attached hydrogens (tertiary/aromatic N) is 2. The molecule has 0 saturated carbocycles.